The first kappa shape index (κ1) is 15.0. The Hall–Kier alpha value is -1.88. The van der Waals surface area contributed by atoms with E-state index in [1.54, 1.807) is 0 Å². The maximum atomic E-state index is 8.49. The molecule has 0 aromatic heterocycles. The van der Waals surface area contributed by atoms with Gasteiger partial charge in [0.1, 0.15) is 11.1 Å². The molecule has 0 bridgehead atoms. The molecule has 0 radical (unpaired) electrons. The average molecular weight is 325 g/mol. The lowest BCUT2D eigenvalue weighted by Crippen LogP contribution is -2.14. The molecule has 0 amide bonds. The molecule has 2 atom stereocenters. The van der Waals surface area contributed by atoms with Gasteiger partial charge in [0.25, 0.3) is 0 Å². The van der Waals surface area contributed by atoms with E-state index in [1.807, 2.05) is 78.9 Å². The first-order chi connectivity index (χ1) is 10.8. The predicted octanol–water partition coefficient (Wildman–Crippen LogP) is 4.40. The van der Waals surface area contributed by atoms with Gasteiger partial charge in [0.2, 0.25) is 0 Å². The van der Waals surface area contributed by atoms with Crippen LogP contribution in [0.3, 0.4) is 0 Å². The Balaban J connectivity index is 1.92. The molecule has 4 heteroatoms. The van der Waals surface area contributed by atoms with E-state index < -0.39 is 21.8 Å². The second-order valence-electron chi connectivity index (χ2n) is 4.74. The number of benzene rings is 3. The van der Waals surface area contributed by atoms with E-state index in [0.717, 1.165) is 19.6 Å². The quantitative estimate of drug-likeness (QED) is 0.687. The summed E-state index contributed by atoms with van der Waals surface area (Å²) in [5, 5.41) is 6.39. The molecular weight excluding hydrogens is 308 g/mol. The number of hydrogen-bond acceptors (Lipinski definition) is 2. The van der Waals surface area contributed by atoms with Gasteiger partial charge in [-0.1, -0.05) is 42.5 Å². The molecule has 1 unspecified atom stereocenters. The molecule has 0 aliphatic heterocycles. The summed E-state index contributed by atoms with van der Waals surface area (Å²) in [6.07, 6.45) is 0. The first-order valence-electron chi connectivity index (χ1n) is 6.90. The number of nitrogens with two attached hydrogens (primary N) is 1. The minimum absolute atomic E-state index is 0.459. The van der Waals surface area contributed by atoms with Gasteiger partial charge in [-0.2, -0.15) is 0 Å². The van der Waals surface area contributed by atoms with Crippen LogP contribution in [0.4, 0.5) is 0 Å². The van der Waals surface area contributed by atoms with Crippen molar-refractivity contribution in [2.24, 2.45) is 5.14 Å². The minimum atomic E-state index is -0.681. The Morgan fingerprint density at radius 3 is 1.91 bits per heavy atom. The zero-order valence-electron chi connectivity index (χ0n) is 12.0. The number of rotatable bonds is 4. The fraction of sp³-hybridized carbons (Fsp3) is 0. The second kappa shape index (κ2) is 6.92. The summed E-state index contributed by atoms with van der Waals surface area (Å²) < 4.78 is 8.49. The summed E-state index contributed by atoms with van der Waals surface area (Å²) >= 11 is -0.459. The summed E-state index contributed by atoms with van der Waals surface area (Å²) in [6.45, 7) is 0. The van der Waals surface area contributed by atoms with Crippen molar-refractivity contribution in [3.8, 4) is 0 Å². The van der Waals surface area contributed by atoms with Gasteiger partial charge in [-0.05, 0) is 47.1 Å². The van der Waals surface area contributed by atoms with E-state index in [1.165, 1.54) is 0 Å². The molecule has 2 nitrogen and oxygen atoms in total. The van der Waals surface area contributed by atoms with Crippen LogP contribution in [0.25, 0.3) is 0 Å². The van der Waals surface area contributed by atoms with Crippen molar-refractivity contribution in [3.63, 3.8) is 0 Å². The SMILES string of the molecule is N=[S@@](c1ccccc1)c1cccc([S+](N)c2ccccc2)c1. The van der Waals surface area contributed by atoms with Gasteiger partial charge in [0, 0.05) is 15.9 Å². The molecule has 0 saturated carbocycles. The highest BCUT2D eigenvalue weighted by Crippen LogP contribution is 2.23. The Kier molecular flexibility index (Phi) is 4.73. The van der Waals surface area contributed by atoms with Gasteiger partial charge in [0.15, 0.2) is 9.79 Å². The smallest absolute Gasteiger partial charge is 0.182 e. The van der Waals surface area contributed by atoms with E-state index >= 15 is 0 Å². The highest BCUT2D eigenvalue weighted by molar-refractivity contribution is 7.94. The van der Waals surface area contributed by atoms with Crippen molar-refractivity contribution < 1.29 is 0 Å². The van der Waals surface area contributed by atoms with Gasteiger partial charge in [-0.25, -0.2) is 0 Å². The van der Waals surface area contributed by atoms with Crippen molar-refractivity contribution in [2.45, 2.75) is 19.6 Å². The summed E-state index contributed by atoms with van der Waals surface area (Å²) in [6, 6.07) is 28.2. The van der Waals surface area contributed by atoms with Crippen LogP contribution in [0.15, 0.2) is 105 Å². The molecule has 110 valence electrons. The standard InChI is InChI=1S/C18H17N2S2/c19-21(15-8-3-1-4-9-15)17-12-7-13-18(14-17)22(20)16-10-5-2-6-11-16/h1-14,19H,20H2/q+1/t21-,22?/m0/s1. The fourth-order valence-corrected chi connectivity index (χ4v) is 4.57. The van der Waals surface area contributed by atoms with Crippen molar-refractivity contribution in [1.29, 1.82) is 4.78 Å². The molecule has 3 N–H and O–H groups in total. The molecule has 22 heavy (non-hydrogen) atoms. The van der Waals surface area contributed by atoms with Crippen LogP contribution in [0.1, 0.15) is 0 Å². The summed E-state index contributed by atoms with van der Waals surface area (Å²) in [7, 11) is -0.681. The van der Waals surface area contributed by atoms with Crippen LogP contribution in [-0.2, 0) is 21.8 Å². The Morgan fingerprint density at radius 2 is 1.23 bits per heavy atom. The summed E-state index contributed by atoms with van der Waals surface area (Å²) in [4.78, 5) is 4.22. The number of nitrogens with one attached hydrogen (secondary N) is 1. The summed E-state index contributed by atoms with van der Waals surface area (Å²) in [5.41, 5.74) is 0. The maximum Gasteiger partial charge on any atom is 0.182 e. The van der Waals surface area contributed by atoms with E-state index in [0.29, 0.717) is 0 Å². The van der Waals surface area contributed by atoms with E-state index in [-0.39, 0.29) is 0 Å². The highest BCUT2D eigenvalue weighted by atomic mass is 32.2. The highest BCUT2D eigenvalue weighted by Gasteiger charge is 2.21. The van der Waals surface area contributed by atoms with Gasteiger partial charge in [0.05, 0.1) is 0 Å². The van der Waals surface area contributed by atoms with Crippen molar-refractivity contribution in [1.82, 2.24) is 0 Å². The zero-order valence-corrected chi connectivity index (χ0v) is 13.6. The Bertz CT molecular complexity index is 773. The topological polar surface area (TPSA) is 49.9 Å². The normalized spacial score (nSPS) is 13.5. The van der Waals surface area contributed by atoms with Gasteiger partial charge in [-0.3, -0.25) is 4.78 Å². The van der Waals surface area contributed by atoms with Crippen molar-refractivity contribution in [2.75, 3.05) is 0 Å². The molecule has 0 aliphatic carbocycles. The molecule has 3 aromatic rings. The second-order valence-corrected chi connectivity index (χ2v) is 7.92. The van der Waals surface area contributed by atoms with Crippen LogP contribution in [0, 0.1) is 4.78 Å². The third-order valence-electron chi connectivity index (χ3n) is 3.27. The van der Waals surface area contributed by atoms with Gasteiger partial charge in [-0.15, -0.1) is 5.14 Å². The molecule has 0 heterocycles. The van der Waals surface area contributed by atoms with Crippen molar-refractivity contribution >= 4 is 21.8 Å². The van der Waals surface area contributed by atoms with E-state index in [4.69, 9.17) is 9.92 Å². The number of hydrogen-bond donors (Lipinski definition) is 2. The van der Waals surface area contributed by atoms with Crippen LogP contribution in [0.5, 0.6) is 0 Å². The summed E-state index contributed by atoms with van der Waals surface area (Å²) in [5.74, 6) is 0. The van der Waals surface area contributed by atoms with E-state index in [9.17, 15) is 0 Å². The largest absolute Gasteiger partial charge is 0.271 e. The van der Waals surface area contributed by atoms with Crippen LogP contribution >= 0.6 is 0 Å². The van der Waals surface area contributed by atoms with Crippen molar-refractivity contribution in [3.05, 3.63) is 84.9 Å². The molecule has 0 fully saturated rings. The first-order valence-corrected chi connectivity index (χ1v) is 9.41. The molecule has 0 saturated heterocycles. The van der Waals surface area contributed by atoms with Crippen LogP contribution in [-0.4, -0.2) is 0 Å². The fourth-order valence-electron chi connectivity index (χ4n) is 2.13. The minimum Gasteiger partial charge on any atom is -0.271 e. The monoisotopic (exact) mass is 325 g/mol. The van der Waals surface area contributed by atoms with E-state index in [2.05, 4.69) is 6.07 Å². The zero-order chi connectivity index (χ0) is 15.4. The lowest BCUT2D eigenvalue weighted by Gasteiger charge is -2.07. The Morgan fingerprint density at radius 1 is 0.682 bits per heavy atom. The molecule has 0 aliphatic rings. The molecular formula is C18H17N2S2+. The van der Waals surface area contributed by atoms with Gasteiger partial charge >= 0.3 is 0 Å². The third-order valence-corrected chi connectivity index (χ3v) is 6.28. The van der Waals surface area contributed by atoms with Gasteiger partial charge < -0.3 is 0 Å². The predicted molar refractivity (Wildman–Crippen MR) is 94.0 cm³/mol. The van der Waals surface area contributed by atoms with Crippen LogP contribution < -0.4 is 5.14 Å². The average Bonchev–Trinajstić information content (AvgIpc) is 2.62. The lowest BCUT2D eigenvalue weighted by molar-refractivity contribution is 1.27. The maximum absolute atomic E-state index is 8.49. The molecule has 3 aromatic carbocycles. The van der Waals surface area contributed by atoms with Crippen LogP contribution in [0.2, 0.25) is 0 Å². The molecule has 0 spiro atoms. The lowest BCUT2D eigenvalue weighted by atomic mass is 10.4. The third kappa shape index (κ3) is 3.30. The Labute approximate surface area is 136 Å². The molecule has 3 rings (SSSR count).